The smallest absolute Gasteiger partial charge is 0.278 e. The first-order valence-corrected chi connectivity index (χ1v) is 7.41. The molecular weight excluding hydrogens is 325 g/mol. The first-order chi connectivity index (χ1) is 10.6. The lowest BCUT2D eigenvalue weighted by atomic mass is 10.3. The summed E-state index contributed by atoms with van der Waals surface area (Å²) in [5.41, 5.74) is 0.948. The molecule has 8 heteroatoms. The minimum atomic E-state index is -0.201. The number of benzene rings is 1. The molecule has 2 N–H and O–H groups in total. The summed E-state index contributed by atoms with van der Waals surface area (Å²) in [5.74, 6) is 0.905. The molecule has 22 heavy (non-hydrogen) atoms. The van der Waals surface area contributed by atoms with Gasteiger partial charge in [0.1, 0.15) is 11.5 Å². The average Bonchev–Trinajstić information content (AvgIpc) is 3.11. The highest BCUT2D eigenvalue weighted by molar-refractivity contribution is 6.39. The molecule has 2 aromatic rings. The molecule has 1 amide bonds. The van der Waals surface area contributed by atoms with Crippen LogP contribution in [0.25, 0.3) is 0 Å². The average molecular weight is 338 g/mol. The van der Waals surface area contributed by atoms with E-state index in [2.05, 4.69) is 20.3 Å². The van der Waals surface area contributed by atoms with Crippen molar-refractivity contribution in [3.8, 4) is 0 Å². The summed E-state index contributed by atoms with van der Waals surface area (Å²) in [4.78, 5) is 25.3. The molecule has 1 aliphatic heterocycles. The van der Waals surface area contributed by atoms with E-state index in [1.165, 1.54) is 11.1 Å². The number of hydrogen-bond donors (Lipinski definition) is 2. The predicted octanol–water partition coefficient (Wildman–Crippen LogP) is 2.95. The molecule has 0 saturated carbocycles. The van der Waals surface area contributed by atoms with Crippen molar-refractivity contribution in [1.82, 2.24) is 14.9 Å². The Bertz CT molecular complexity index is 735. The van der Waals surface area contributed by atoms with Gasteiger partial charge in [0.2, 0.25) is 5.96 Å². The Morgan fingerprint density at radius 3 is 2.73 bits per heavy atom. The number of nitrogens with one attached hydrogen (secondary N) is 2. The summed E-state index contributed by atoms with van der Waals surface area (Å²) in [7, 11) is 0. The normalized spacial score (nSPS) is 14.1. The topological polar surface area (TPSA) is 73.4 Å². The van der Waals surface area contributed by atoms with Gasteiger partial charge in [-0.1, -0.05) is 29.3 Å². The summed E-state index contributed by atoms with van der Waals surface area (Å²) in [6, 6.07) is 5.19. The number of nitrogens with zero attached hydrogens (tertiary/aromatic N) is 3. The number of aryl methyl sites for hydroxylation is 1. The lowest BCUT2D eigenvalue weighted by Gasteiger charge is -2.19. The fourth-order valence-corrected chi connectivity index (χ4v) is 2.65. The standard InChI is InChI=1S/C14H13Cl2N5O/c1-8-18-7-11(19-8)13(22)21-6-5-17-14(21)20-12-9(15)3-2-4-10(12)16/h2-4,7H,5-6H2,1H3,(H,17,20)(H,18,19). The molecule has 2 heterocycles. The van der Waals surface area contributed by atoms with Crippen LogP contribution in [0.5, 0.6) is 0 Å². The number of carbonyl (C=O) groups is 1. The third-order valence-electron chi connectivity index (χ3n) is 3.22. The molecule has 114 valence electrons. The van der Waals surface area contributed by atoms with Crippen LogP contribution in [0.4, 0.5) is 5.69 Å². The summed E-state index contributed by atoms with van der Waals surface area (Å²) in [6.45, 7) is 2.79. The zero-order valence-corrected chi connectivity index (χ0v) is 13.2. The van der Waals surface area contributed by atoms with Crippen LogP contribution in [0.3, 0.4) is 0 Å². The minimum absolute atomic E-state index is 0.201. The molecule has 1 aromatic heterocycles. The quantitative estimate of drug-likeness (QED) is 0.884. The molecule has 0 radical (unpaired) electrons. The van der Waals surface area contributed by atoms with Gasteiger partial charge in [-0.25, -0.2) is 4.98 Å². The van der Waals surface area contributed by atoms with Gasteiger partial charge >= 0.3 is 0 Å². The summed E-state index contributed by atoms with van der Waals surface area (Å²) in [6.07, 6.45) is 1.51. The highest BCUT2D eigenvalue weighted by Gasteiger charge is 2.27. The van der Waals surface area contributed by atoms with Crippen LogP contribution < -0.4 is 5.32 Å². The largest absolute Gasteiger partial charge is 0.338 e. The van der Waals surface area contributed by atoms with E-state index in [1.54, 1.807) is 25.1 Å². The molecular formula is C14H13Cl2N5O. The first kappa shape index (κ1) is 14.9. The number of imidazole rings is 1. The molecule has 6 nitrogen and oxygen atoms in total. The molecule has 0 fully saturated rings. The number of anilines is 1. The maximum atomic E-state index is 12.5. The number of H-pyrrole nitrogens is 1. The Kier molecular flexibility index (Phi) is 4.04. The van der Waals surface area contributed by atoms with Crippen molar-refractivity contribution in [2.24, 2.45) is 4.99 Å². The van der Waals surface area contributed by atoms with Crippen LogP contribution in [0.15, 0.2) is 29.4 Å². The molecule has 0 spiro atoms. The van der Waals surface area contributed by atoms with Crippen molar-refractivity contribution < 1.29 is 4.79 Å². The molecule has 0 atom stereocenters. The number of aromatic amines is 1. The second-order valence-electron chi connectivity index (χ2n) is 4.77. The van der Waals surface area contributed by atoms with Crippen molar-refractivity contribution in [1.29, 1.82) is 0 Å². The second kappa shape index (κ2) is 5.98. The van der Waals surface area contributed by atoms with Crippen LogP contribution in [0, 0.1) is 6.92 Å². The molecule has 1 aromatic carbocycles. The Morgan fingerprint density at radius 1 is 1.36 bits per heavy atom. The predicted molar refractivity (Wildman–Crippen MR) is 86.7 cm³/mol. The van der Waals surface area contributed by atoms with Crippen molar-refractivity contribution in [2.75, 3.05) is 18.4 Å². The number of carbonyl (C=O) groups excluding carboxylic acids is 1. The summed E-state index contributed by atoms with van der Waals surface area (Å²) in [5, 5.41) is 3.97. The van der Waals surface area contributed by atoms with Crippen LogP contribution in [-0.4, -0.2) is 39.8 Å². The highest BCUT2D eigenvalue weighted by Crippen LogP contribution is 2.30. The van der Waals surface area contributed by atoms with Gasteiger partial charge in [-0.15, -0.1) is 0 Å². The second-order valence-corrected chi connectivity index (χ2v) is 5.58. The third kappa shape index (κ3) is 2.80. The maximum absolute atomic E-state index is 12.5. The molecule has 0 unspecified atom stereocenters. The Balaban J connectivity index is 1.83. The fourth-order valence-electron chi connectivity index (χ4n) is 2.16. The summed E-state index contributed by atoms with van der Waals surface area (Å²) >= 11 is 12.3. The third-order valence-corrected chi connectivity index (χ3v) is 3.85. The number of aromatic nitrogens is 2. The highest BCUT2D eigenvalue weighted by atomic mass is 35.5. The van der Waals surface area contributed by atoms with Gasteiger partial charge in [0.25, 0.3) is 5.91 Å². The number of aliphatic imine (C=N–C) groups is 1. The van der Waals surface area contributed by atoms with Crippen LogP contribution in [0.2, 0.25) is 10.0 Å². The number of guanidine groups is 1. The van der Waals surface area contributed by atoms with E-state index < -0.39 is 0 Å². The van der Waals surface area contributed by atoms with E-state index in [-0.39, 0.29) is 5.91 Å². The molecule has 1 aliphatic rings. The Labute approximate surface area is 137 Å². The number of para-hydroxylation sites is 1. The van der Waals surface area contributed by atoms with Crippen LogP contribution >= 0.6 is 23.2 Å². The van der Waals surface area contributed by atoms with Gasteiger partial charge in [0.05, 0.1) is 28.5 Å². The van der Waals surface area contributed by atoms with E-state index in [1.807, 2.05) is 0 Å². The van der Waals surface area contributed by atoms with E-state index in [4.69, 9.17) is 23.2 Å². The van der Waals surface area contributed by atoms with E-state index >= 15 is 0 Å². The molecule has 0 bridgehead atoms. The SMILES string of the molecule is Cc1ncc(C(=O)N2CCN=C2Nc2c(Cl)cccc2Cl)[nH]1. The zero-order chi connectivity index (χ0) is 15.7. The number of amides is 1. The van der Waals surface area contributed by atoms with Gasteiger partial charge in [-0.05, 0) is 19.1 Å². The Hall–Kier alpha value is -2.05. The number of hydrogen-bond acceptors (Lipinski definition) is 4. The van der Waals surface area contributed by atoms with Crippen molar-refractivity contribution in [2.45, 2.75) is 6.92 Å². The van der Waals surface area contributed by atoms with Gasteiger partial charge < -0.3 is 10.3 Å². The van der Waals surface area contributed by atoms with E-state index in [0.29, 0.717) is 46.3 Å². The maximum Gasteiger partial charge on any atom is 0.278 e. The number of halogens is 2. The van der Waals surface area contributed by atoms with Gasteiger partial charge in [-0.2, -0.15) is 0 Å². The minimum Gasteiger partial charge on any atom is -0.338 e. The van der Waals surface area contributed by atoms with Crippen molar-refractivity contribution in [3.05, 3.63) is 46.0 Å². The number of rotatable bonds is 2. The van der Waals surface area contributed by atoms with Crippen molar-refractivity contribution >= 4 is 40.8 Å². The van der Waals surface area contributed by atoms with Gasteiger partial charge in [-0.3, -0.25) is 14.7 Å². The van der Waals surface area contributed by atoms with Crippen molar-refractivity contribution in [3.63, 3.8) is 0 Å². The molecule has 3 rings (SSSR count). The zero-order valence-electron chi connectivity index (χ0n) is 11.7. The molecule has 0 aliphatic carbocycles. The lowest BCUT2D eigenvalue weighted by Crippen LogP contribution is -2.38. The van der Waals surface area contributed by atoms with Crippen LogP contribution in [0.1, 0.15) is 16.3 Å². The lowest BCUT2D eigenvalue weighted by molar-refractivity contribution is 0.0852. The monoisotopic (exact) mass is 337 g/mol. The Morgan fingerprint density at radius 2 is 2.09 bits per heavy atom. The van der Waals surface area contributed by atoms with Gasteiger partial charge in [0, 0.05) is 6.54 Å². The first-order valence-electron chi connectivity index (χ1n) is 6.65. The summed E-state index contributed by atoms with van der Waals surface area (Å²) < 4.78 is 0. The van der Waals surface area contributed by atoms with E-state index in [9.17, 15) is 4.79 Å². The fraction of sp³-hybridized carbons (Fsp3) is 0.214. The van der Waals surface area contributed by atoms with E-state index in [0.717, 1.165) is 0 Å². The van der Waals surface area contributed by atoms with Crippen LogP contribution in [-0.2, 0) is 0 Å². The molecule has 0 saturated heterocycles. The van der Waals surface area contributed by atoms with Gasteiger partial charge in [0.15, 0.2) is 0 Å².